The summed E-state index contributed by atoms with van der Waals surface area (Å²) in [4.78, 5) is 23.1. The molecule has 0 aromatic heterocycles. The highest BCUT2D eigenvalue weighted by Crippen LogP contribution is 2.28. The third kappa shape index (κ3) is 3.20. The van der Waals surface area contributed by atoms with Gasteiger partial charge < -0.3 is 15.8 Å². The van der Waals surface area contributed by atoms with Crippen LogP contribution < -0.4 is 11.1 Å². The molecule has 0 radical (unpaired) electrons. The van der Waals surface area contributed by atoms with Gasteiger partial charge in [-0.25, -0.2) is 4.79 Å². The van der Waals surface area contributed by atoms with Crippen molar-refractivity contribution < 1.29 is 14.3 Å². The van der Waals surface area contributed by atoms with Gasteiger partial charge in [0.05, 0.1) is 12.5 Å². The summed E-state index contributed by atoms with van der Waals surface area (Å²) in [7, 11) is 1.28. The molecule has 0 aliphatic heterocycles. The predicted molar refractivity (Wildman–Crippen MR) is 61.7 cm³/mol. The number of hydrogen-bond donors (Lipinski definition) is 2. The molecule has 0 aromatic rings. The van der Waals surface area contributed by atoms with Gasteiger partial charge in [0, 0.05) is 5.54 Å². The third-order valence-electron chi connectivity index (χ3n) is 3.08. The number of rotatable bonds is 4. The molecule has 0 aliphatic rings. The van der Waals surface area contributed by atoms with Crippen LogP contribution in [-0.4, -0.2) is 30.6 Å². The van der Waals surface area contributed by atoms with E-state index in [1.54, 1.807) is 34.6 Å². The lowest BCUT2D eigenvalue weighted by Gasteiger charge is -2.37. The zero-order chi connectivity index (χ0) is 13.1. The summed E-state index contributed by atoms with van der Waals surface area (Å²) in [6, 6.07) is -0.667. The van der Waals surface area contributed by atoms with Crippen LogP contribution in [0.15, 0.2) is 0 Å². The fourth-order valence-electron chi connectivity index (χ4n) is 0.905. The smallest absolute Gasteiger partial charge is 0.328 e. The molecule has 0 rings (SSSR count). The summed E-state index contributed by atoms with van der Waals surface area (Å²) in [5.74, 6) is -0.739. The van der Waals surface area contributed by atoms with Crippen LogP contribution in [0.1, 0.15) is 34.6 Å². The standard InChI is InChI=1S/C11H22N2O3/c1-7(8(14)16-6)13-9(15)10(2,3)11(4,5)12/h7H,12H2,1-6H3,(H,13,15)/t7-/m0/s1. The fraction of sp³-hybridized carbons (Fsp3) is 0.818. The summed E-state index contributed by atoms with van der Waals surface area (Å²) in [6.45, 7) is 8.60. The van der Waals surface area contributed by atoms with Crippen molar-refractivity contribution in [3.05, 3.63) is 0 Å². The molecule has 0 aromatic carbocycles. The van der Waals surface area contributed by atoms with Gasteiger partial charge in [0.25, 0.3) is 0 Å². The number of methoxy groups -OCH3 is 1. The summed E-state index contributed by atoms with van der Waals surface area (Å²) in [5, 5.41) is 2.58. The van der Waals surface area contributed by atoms with E-state index in [1.807, 2.05) is 0 Å². The van der Waals surface area contributed by atoms with Crippen molar-refractivity contribution in [2.45, 2.75) is 46.2 Å². The van der Waals surface area contributed by atoms with E-state index in [4.69, 9.17) is 5.73 Å². The Labute approximate surface area is 96.7 Å². The molecule has 1 atom stereocenters. The summed E-state index contributed by atoms with van der Waals surface area (Å²) < 4.78 is 4.53. The zero-order valence-corrected chi connectivity index (χ0v) is 10.9. The van der Waals surface area contributed by atoms with Crippen LogP contribution >= 0.6 is 0 Å². The lowest BCUT2D eigenvalue weighted by molar-refractivity contribution is -0.146. The van der Waals surface area contributed by atoms with Gasteiger partial charge in [-0.15, -0.1) is 0 Å². The predicted octanol–water partition coefficient (Wildman–Crippen LogP) is 0.428. The molecule has 5 heteroatoms. The van der Waals surface area contributed by atoms with Gasteiger partial charge in [-0.05, 0) is 34.6 Å². The topological polar surface area (TPSA) is 81.4 Å². The van der Waals surface area contributed by atoms with E-state index in [-0.39, 0.29) is 5.91 Å². The molecule has 1 amide bonds. The number of carbonyl (C=O) groups excluding carboxylic acids is 2. The highest BCUT2D eigenvalue weighted by molar-refractivity contribution is 5.88. The van der Waals surface area contributed by atoms with Crippen molar-refractivity contribution in [3.8, 4) is 0 Å². The first-order chi connectivity index (χ1) is 7.04. The molecule has 0 fully saturated rings. The average molecular weight is 230 g/mol. The molecule has 0 unspecified atom stereocenters. The first-order valence-electron chi connectivity index (χ1n) is 5.21. The van der Waals surface area contributed by atoms with Crippen molar-refractivity contribution in [2.75, 3.05) is 7.11 Å². The van der Waals surface area contributed by atoms with Gasteiger partial charge in [-0.3, -0.25) is 4.79 Å². The molecule has 0 saturated heterocycles. The highest BCUT2D eigenvalue weighted by atomic mass is 16.5. The van der Waals surface area contributed by atoms with Gasteiger partial charge >= 0.3 is 5.97 Å². The quantitative estimate of drug-likeness (QED) is 0.686. The van der Waals surface area contributed by atoms with Gasteiger partial charge in [-0.2, -0.15) is 0 Å². The highest BCUT2D eigenvalue weighted by Gasteiger charge is 2.41. The van der Waals surface area contributed by atoms with Crippen molar-refractivity contribution in [1.29, 1.82) is 0 Å². The van der Waals surface area contributed by atoms with E-state index < -0.39 is 23.0 Å². The van der Waals surface area contributed by atoms with Crippen LogP contribution in [0.5, 0.6) is 0 Å². The van der Waals surface area contributed by atoms with Crippen LogP contribution in [0.4, 0.5) is 0 Å². The Bertz CT molecular complexity index is 279. The van der Waals surface area contributed by atoms with Crippen LogP contribution in [0, 0.1) is 5.41 Å². The molecule has 3 N–H and O–H groups in total. The Morgan fingerprint density at radius 2 is 1.69 bits per heavy atom. The van der Waals surface area contributed by atoms with Gasteiger partial charge in [0.1, 0.15) is 6.04 Å². The number of carbonyl (C=O) groups is 2. The fourth-order valence-corrected chi connectivity index (χ4v) is 0.905. The molecule has 0 bridgehead atoms. The van der Waals surface area contributed by atoms with Crippen molar-refractivity contribution in [3.63, 3.8) is 0 Å². The Kier molecular flexibility index (Phi) is 4.49. The number of ether oxygens (including phenoxy) is 1. The van der Waals surface area contributed by atoms with E-state index >= 15 is 0 Å². The van der Waals surface area contributed by atoms with Crippen molar-refractivity contribution in [1.82, 2.24) is 5.32 Å². The molecule has 94 valence electrons. The molecule has 0 saturated carbocycles. The van der Waals surface area contributed by atoms with E-state index in [0.717, 1.165) is 0 Å². The number of hydrogen-bond acceptors (Lipinski definition) is 4. The Balaban J connectivity index is 4.66. The van der Waals surface area contributed by atoms with E-state index in [0.29, 0.717) is 0 Å². The minimum Gasteiger partial charge on any atom is -0.467 e. The largest absolute Gasteiger partial charge is 0.467 e. The molecular weight excluding hydrogens is 208 g/mol. The van der Waals surface area contributed by atoms with Gasteiger partial charge in [0.2, 0.25) is 5.91 Å². The first-order valence-corrected chi connectivity index (χ1v) is 5.21. The first kappa shape index (κ1) is 14.9. The van der Waals surface area contributed by atoms with E-state index in [1.165, 1.54) is 7.11 Å². The van der Waals surface area contributed by atoms with E-state index in [2.05, 4.69) is 10.1 Å². The minimum absolute atomic E-state index is 0.266. The maximum atomic E-state index is 11.9. The van der Waals surface area contributed by atoms with Crippen LogP contribution in [0.3, 0.4) is 0 Å². The SMILES string of the molecule is COC(=O)[C@H](C)NC(=O)C(C)(C)C(C)(C)N. The van der Waals surface area contributed by atoms with Crippen LogP contribution in [0.2, 0.25) is 0 Å². The Hall–Kier alpha value is -1.10. The second kappa shape index (κ2) is 4.82. The number of amides is 1. The summed E-state index contributed by atoms with van der Waals surface area (Å²) >= 11 is 0. The van der Waals surface area contributed by atoms with E-state index in [9.17, 15) is 9.59 Å². The lowest BCUT2D eigenvalue weighted by atomic mass is 9.74. The van der Waals surface area contributed by atoms with Crippen molar-refractivity contribution in [2.24, 2.45) is 11.1 Å². The average Bonchev–Trinajstić information content (AvgIpc) is 2.14. The molecule has 0 spiro atoms. The Morgan fingerprint density at radius 1 is 1.25 bits per heavy atom. The molecular formula is C11H22N2O3. The molecule has 16 heavy (non-hydrogen) atoms. The van der Waals surface area contributed by atoms with Crippen LogP contribution in [0.25, 0.3) is 0 Å². The number of nitrogens with two attached hydrogens (primary N) is 1. The minimum atomic E-state index is -0.769. The van der Waals surface area contributed by atoms with Crippen molar-refractivity contribution >= 4 is 11.9 Å². The van der Waals surface area contributed by atoms with Gasteiger partial charge in [-0.1, -0.05) is 0 Å². The second-order valence-electron chi connectivity index (χ2n) is 5.06. The third-order valence-corrected chi connectivity index (χ3v) is 3.08. The van der Waals surface area contributed by atoms with Gasteiger partial charge in [0.15, 0.2) is 0 Å². The number of nitrogens with one attached hydrogen (secondary N) is 1. The Morgan fingerprint density at radius 3 is 2.00 bits per heavy atom. The summed E-state index contributed by atoms with van der Waals surface area (Å²) in [6.07, 6.45) is 0. The molecule has 0 aliphatic carbocycles. The molecule has 5 nitrogen and oxygen atoms in total. The maximum absolute atomic E-state index is 11.9. The zero-order valence-electron chi connectivity index (χ0n) is 10.9. The normalized spacial score (nSPS) is 14.2. The van der Waals surface area contributed by atoms with Crippen LogP contribution in [-0.2, 0) is 14.3 Å². The second-order valence-corrected chi connectivity index (χ2v) is 5.06. The molecule has 0 heterocycles. The monoisotopic (exact) mass is 230 g/mol. The summed E-state index contributed by atoms with van der Waals surface area (Å²) in [5.41, 5.74) is 4.48. The maximum Gasteiger partial charge on any atom is 0.328 e. The number of esters is 1. The lowest BCUT2D eigenvalue weighted by Crippen LogP contribution is -2.57.